The second kappa shape index (κ2) is 9.33. The Hall–Kier alpha value is -4.50. The van der Waals surface area contributed by atoms with Gasteiger partial charge in [-0.2, -0.15) is 10.4 Å². The van der Waals surface area contributed by atoms with Gasteiger partial charge in [0, 0.05) is 5.56 Å². The Kier molecular flexibility index (Phi) is 6.14. The van der Waals surface area contributed by atoms with Crippen molar-refractivity contribution in [3.8, 4) is 23.1 Å². The standard InChI is InChI=1S/C27H22N4O2/c1-18-24(17-28)26(32)31(19(2)20-9-5-3-6-10-20)27(33)25(18)30-29-23-15-13-22(14-16-23)21-11-7-4-8-12-21/h3-16,19,32H,1-2H3. The number of hydrogen-bond acceptors (Lipinski definition) is 5. The smallest absolute Gasteiger partial charge is 0.282 e. The number of aromatic nitrogens is 1. The Morgan fingerprint density at radius 1 is 0.879 bits per heavy atom. The number of azo groups is 1. The second-order valence-electron chi connectivity index (χ2n) is 7.66. The van der Waals surface area contributed by atoms with Crippen LogP contribution < -0.4 is 5.56 Å². The molecule has 3 aromatic carbocycles. The van der Waals surface area contributed by atoms with Crippen LogP contribution in [0.4, 0.5) is 11.4 Å². The molecule has 0 saturated heterocycles. The van der Waals surface area contributed by atoms with E-state index in [0.29, 0.717) is 11.3 Å². The summed E-state index contributed by atoms with van der Waals surface area (Å²) in [7, 11) is 0. The molecule has 4 aromatic rings. The predicted octanol–water partition coefficient (Wildman–Crippen LogP) is 6.43. The molecule has 33 heavy (non-hydrogen) atoms. The topological polar surface area (TPSA) is 90.7 Å². The molecule has 1 N–H and O–H groups in total. The maximum Gasteiger partial charge on any atom is 0.282 e. The first-order valence-electron chi connectivity index (χ1n) is 10.5. The minimum absolute atomic E-state index is 0.00533. The fourth-order valence-electron chi connectivity index (χ4n) is 3.73. The van der Waals surface area contributed by atoms with E-state index >= 15 is 0 Å². The van der Waals surface area contributed by atoms with Crippen LogP contribution in [0.3, 0.4) is 0 Å². The van der Waals surface area contributed by atoms with Gasteiger partial charge < -0.3 is 5.11 Å². The van der Waals surface area contributed by atoms with Crippen molar-refractivity contribution >= 4 is 11.4 Å². The highest BCUT2D eigenvalue weighted by molar-refractivity contribution is 5.65. The first-order valence-corrected chi connectivity index (χ1v) is 10.5. The largest absolute Gasteiger partial charge is 0.493 e. The summed E-state index contributed by atoms with van der Waals surface area (Å²) >= 11 is 0. The lowest BCUT2D eigenvalue weighted by Gasteiger charge is -2.19. The highest BCUT2D eigenvalue weighted by Gasteiger charge is 2.23. The van der Waals surface area contributed by atoms with Gasteiger partial charge in [-0.05, 0) is 42.7 Å². The van der Waals surface area contributed by atoms with Crippen LogP contribution in [0.15, 0.2) is 100.0 Å². The van der Waals surface area contributed by atoms with Gasteiger partial charge in [-0.15, -0.1) is 5.11 Å². The lowest BCUT2D eigenvalue weighted by atomic mass is 10.1. The Balaban J connectivity index is 1.74. The number of hydrogen-bond donors (Lipinski definition) is 1. The molecule has 6 heteroatoms. The molecule has 0 spiro atoms. The third kappa shape index (κ3) is 4.30. The number of nitriles is 1. The maximum absolute atomic E-state index is 13.3. The van der Waals surface area contributed by atoms with Crippen LogP contribution in [0.5, 0.6) is 5.88 Å². The fraction of sp³-hybridized carbons (Fsp3) is 0.111. The van der Waals surface area contributed by atoms with Crippen molar-refractivity contribution in [1.82, 2.24) is 4.57 Å². The van der Waals surface area contributed by atoms with Crippen molar-refractivity contribution in [3.05, 3.63) is 112 Å². The molecular weight excluding hydrogens is 412 g/mol. The molecule has 1 heterocycles. The summed E-state index contributed by atoms with van der Waals surface area (Å²) in [4.78, 5) is 13.3. The molecule has 0 bridgehead atoms. The van der Waals surface area contributed by atoms with Crippen molar-refractivity contribution in [1.29, 1.82) is 5.26 Å². The quantitative estimate of drug-likeness (QED) is 0.367. The van der Waals surface area contributed by atoms with E-state index in [4.69, 9.17) is 0 Å². The van der Waals surface area contributed by atoms with Gasteiger partial charge in [0.1, 0.15) is 11.6 Å². The van der Waals surface area contributed by atoms with Gasteiger partial charge in [-0.3, -0.25) is 9.36 Å². The van der Waals surface area contributed by atoms with Gasteiger partial charge in [0.25, 0.3) is 5.56 Å². The lowest BCUT2D eigenvalue weighted by Crippen LogP contribution is -2.25. The van der Waals surface area contributed by atoms with Gasteiger partial charge in [-0.25, -0.2) is 0 Å². The van der Waals surface area contributed by atoms with E-state index in [2.05, 4.69) is 10.2 Å². The number of benzene rings is 3. The van der Waals surface area contributed by atoms with Crippen LogP contribution in [-0.4, -0.2) is 9.67 Å². The number of aromatic hydroxyl groups is 1. The zero-order chi connectivity index (χ0) is 23.4. The zero-order valence-electron chi connectivity index (χ0n) is 18.3. The summed E-state index contributed by atoms with van der Waals surface area (Å²) in [6.07, 6.45) is 0. The normalized spacial score (nSPS) is 11.9. The highest BCUT2D eigenvalue weighted by Crippen LogP contribution is 2.31. The summed E-state index contributed by atoms with van der Waals surface area (Å²) in [6, 6.07) is 28.3. The summed E-state index contributed by atoms with van der Waals surface area (Å²) < 4.78 is 1.19. The van der Waals surface area contributed by atoms with Crippen molar-refractivity contribution in [2.75, 3.05) is 0 Å². The summed E-state index contributed by atoms with van der Waals surface area (Å²) in [5.41, 5.74) is 3.34. The molecular formula is C27H22N4O2. The van der Waals surface area contributed by atoms with Gasteiger partial charge >= 0.3 is 0 Å². The number of pyridine rings is 1. The second-order valence-corrected chi connectivity index (χ2v) is 7.66. The van der Waals surface area contributed by atoms with Crippen LogP contribution in [0.25, 0.3) is 11.1 Å². The molecule has 0 aliphatic heterocycles. The van der Waals surface area contributed by atoms with Crippen LogP contribution in [0, 0.1) is 18.3 Å². The molecule has 0 saturated carbocycles. The fourth-order valence-corrected chi connectivity index (χ4v) is 3.73. The molecule has 162 valence electrons. The lowest BCUT2D eigenvalue weighted by molar-refractivity contribution is 0.393. The van der Waals surface area contributed by atoms with E-state index in [1.165, 1.54) is 4.57 Å². The average Bonchev–Trinajstić information content (AvgIpc) is 2.85. The Morgan fingerprint density at radius 2 is 1.45 bits per heavy atom. The Bertz CT molecular complexity index is 1400. The van der Waals surface area contributed by atoms with Crippen LogP contribution in [0.1, 0.15) is 29.7 Å². The maximum atomic E-state index is 13.3. The first-order chi connectivity index (χ1) is 16.0. The first kappa shape index (κ1) is 21.7. The third-order valence-corrected chi connectivity index (χ3v) is 5.62. The molecule has 0 aliphatic carbocycles. The van der Waals surface area contributed by atoms with Crippen molar-refractivity contribution in [2.24, 2.45) is 10.2 Å². The summed E-state index contributed by atoms with van der Waals surface area (Å²) in [5, 5.41) is 28.7. The monoisotopic (exact) mass is 434 g/mol. The third-order valence-electron chi connectivity index (χ3n) is 5.62. The molecule has 0 aliphatic rings. The van der Waals surface area contributed by atoms with E-state index in [-0.39, 0.29) is 17.1 Å². The molecule has 1 atom stereocenters. The van der Waals surface area contributed by atoms with E-state index in [1.54, 1.807) is 13.8 Å². The van der Waals surface area contributed by atoms with E-state index in [9.17, 15) is 15.2 Å². The van der Waals surface area contributed by atoms with E-state index < -0.39 is 11.6 Å². The Labute approximate surface area is 191 Å². The van der Waals surface area contributed by atoms with E-state index in [1.807, 2.05) is 91.0 Å². The zero-order valence-corrected chi connectivity index (χ0v) is 18.3. The van der Waals surface area contributed by atoms with Gasteiger partial charge in [0.05, 0.1) is 11.7 Å². The summed E-state index contributed by atoms with van der Waals surface area (Å²) in [6.45, 7) is 3.38. The molecule has 0 fully saturated rings. The summed E-state index contributed by atoms with van der Waals surface area (Å²) in [5.74, 6) is -0.373. The molecule has 4 rings (SSSR count). The van der Waals surface area contributed by atoms with Crippen molar-refractivity contribution < 1.29 is 5.11 Å². The number of rotatable bonds is 5. The minimum atomic E-state index is -0.509. The van der Waals surface area contributed by atoms with Gasteiger partial charge in [0.15, 0.2) is 5.69 Å². The number of nitrogens with zero attached hydrogens (tertiary/aromatic N) is 4. The van der Waals surface area contributed by atoms with Crippen LogP contribution in [-0.2, 0) is 0 Å². The SMILES string of the molecule is Cc1c(C#N)c(O)n(C(C)c2ccccc2)c(=O)c1N=Nc1ccc(-c2ccccc2)cc1. The molecule has 0 amide bonds. The molecule has 1 aromatic heterocycles. The van der Waals surface area contributed by atoms with Crippen molar-refractivity contribution in [2.45, 2.75) is 19.9 Å². The van der Waals surface area contributed by atoms with Gasteiger partial charge in [-0.1, -0.05) is 72.8 Å². The van der Waals surface area contributed by atoms with Crippen LogP contribution in [0.2, 0.25) is 0 Å². The predicted molar refractivity (Wildman–Crippen MR) is 128 cm³/mol. The van der Waals surface area contributed by atoms with E-state index in [0.717, 1.165) is 16.7 Å². The Morgan fingerprint density at radius 3 is 2.06 bits per heavy atom. The molecule has 6 nitrogen and oxygen atoms in total. The van der Waals surface area contributed by atoms with Gasteiger partial charge in [0.2, 0.25) is 5.88 Å². The average molecular weight is 434 g/mol. The van der Waals surface area contributed by atoms with Crippen molar-refractivity contribution in [3.63, 3.8) is 0 Å². The molecule has 1 unspecified atom stereocenters. The van der Waals surface area contributed by atoms with Crippen LogP contribution >= 0.6 is 0 Å². The molecule has 0 radical (unpaired) electrons. The minimum Gasteiger partial charge on any atom is -0.493 e. The highest BCUT2D eigenvalue weighted by atomic mass is 16.3.